The number of aryl methyl sites for hydroxylation is 1. The summed E-state index contributed by atoms with van der Waals surface area (Å²) < 4.78 is 5.05. The van der Waals surface area contributed by atoms with Gasteiger partial charge in [0.1, 0.15) is 0 Å². The molecular weight excluding hydrogens is 420 g/mol. The Kier molecular flexibility index (Phi) is 10.1. The summed E-state index contributed by atoms with van der Waals surface area (Å²) in [5.74, 6) is 0.495. The van der Waals surface area contributed by atoms with Gasteiger partial charge in [-0.1, -0.05) is 78.3 Å². The fourth-order valence-corrected chi connectivity index (χ4v) is 5.79. The van der Waals surface area contributed by atoms with Gasteiger partial charge in [-0.3, -0.25) is 0 Å². The molecule has 3 rings (SSSR count). The van der Waals surface area contributed by atoms with Gasteiger partial charge in [0.15, 0.2) is 0 Å². The topological polar surface area (TPSA) is 6.48 Å². The van der Waals surface area contributed by atoms with Crippen LogP contribution >= 0.6 is 12.1 Å². The fourth-order valence-electron chi connectivity index (χ4n) is 4.69. The van der Waals surface area contributed by atoms with Crippen LogP contribution in [0, 0.1) is 5.92 Å². The van der Waals surface area contributed by atoms with Gasteiger partial charge in [0, 0.05) is 43.7 Å². The molecule has 1 heterocycles. The molecule has 0 N–H and O–H groups in total. The second-order valence-corrected chi connectivity index (χ2v) is 11.1. The SMILES string of the molecule is C=C(C/C(C)=C(\C)CCc1cccc(C(C)N(CC)SN2CCCC2)c1)C1C=CC(C)=CC1. The highest BCUT2D eigenvalue weighted by molar-refractivity contribution is 7.94. The second kappa shape index (κ2) is 12.8. The molecule has 2 aliphatic rings. The maximum Gasteiger partial charge on any atom is 0.0435 e. The molecule has 2 unspecified atom stereocenters. The van der Waals surface area contributed by atoms with E-state index >= 15 is 0 Å². The van der Waals surface area contributed by atoms with Crippen molar-refractivity contribution in [3.63, 3.8) is 0 Å². The van der Waals surface area contributed by atoms with E-state index in [-0.39, 0.29) is 0 Å². The highest BCUT2D eigenvalue weighted by Crippen LogP contribution is 2.32. The lowest BCUT2D eigenvalue weighted by molar-refractivity contribution is 0.380. The standard InChI is InChI=1S/C30H44N2S/c1-7-32(33-31-19-8-9-20-31)27(6)30-12-10-11-28(22-30)16-15-24(3)25(4)21-26(5)29-17-13-23(2)14-18-29/h10-14,17,22,27,29H,5,7-9,15-16,18-21H2,1-4,6H3/b25-24+. The molecule has 1 aliphatic heterocycles. The van der Waals surface area contributed by atoms with E-state index in [9.17, 15) is 0 Å². The first-order valence-corrected chi connectivity index (χ1v) is 13.6. The molecule has 1 aromatic rings. The van der Waals surface area contributed by atoms with Gasteiger partial charge >= 0.3 is 0 Å². The lowest BCUT2D eigenvalue weighted by Crippen LogP contribution is -2.26. The number of hydrogen-bond acceptors (Lipinski definition) is 3. The first kappa shape index (κ1) is 26.1. The van der Waals surface area contributed by atoms with Gasteiger partial charge in [-0.05, 0) is 77.3 Å². The van der Waals surface area contributed by atoms with Crippen molar-refractivity contribution in [2.45, 2.75) is 79.2 Å². The lowest BCUT2D eigenvalue weighted by Gasteiger charge is -2.30. The quantitative estimate of drug-likeness (QED) is 0.239. The van der Waals surface area contributed by atoms with Gasteiger partial charge in [0.2, 0.25) is 0 Å². The summed E-state index contributed by atoms with van der Waals surface area (Å²) in [6.07, 6.45) is 13.9. The van der Waals surface area contributed by atoms with E-state index < -0.39 is 0 Å². The van der Waals surface area contributed by atoms with Gasteiger partial charge in [-0.2, -0.15) is 0 Å². The van der Waals surface area contributed by atoms with E-state index in [1.54, 1.807) is 0 Å². The third kappa shape index (κ3) is 7.73. The summed E-state index contributed by atoms with van der Waals surface area (Å²) in [4.78, 5) is 0. The molecule has 2 atom stereocenters. The van der Waals surface area contributed by atoms with Crippen LogP contribution in [0.3, 0.4) is 0 Å². The molecule has 0 saturated carbocycles. The van der Waals surface area contributed by atoms with Gasteiger partial charge in [-0.25, -0.2) is 8.61 Å². The van der Waals surface area contributed by atoms with E-state index in [0.29, 0.717) is 12.0 Å². The molecule has 2 nitrogen and oxygen atoms in total. The minimum absolute atomic E-state index is 0.420. The molecule has 1 aliphatic carbocycles. The lowest BCUT2D eigenvalue weighted by atomic mass is 9.86. The smallest absolute Gasteiger partial charge is 0.0435 e. The zero-order valence-corrected chi connectivity index (χ0v) is 22.4. The van der Waals surface area contributed by atoms with Crippen LogP contribution in [0.25, 0.3) is 0 Å². The van der Waals surface area contributed by atoms with Crippen LogP contribution in [0.4, 0.5) is 0 Å². The van der Waals surface area contributed by atoms with Crippen molar-refractivity contribution in [2.75, 3.05) is 19.6 Å². The summed E-state index contributed by atoms with van der Waals surface area (Å²) in [7, 11) is 0. The predicted molar refractivity (Wildman–Crippen MR) is 147 cm³/mol. The van der Waals surface area contributed by atoms with E-state index in [4.69, 9.17) is 0 Å². The third-order valence-corrected chi connectivity index (χ3v) is 8.66. The van der Waals surface area contributed by atoms with Crippen molar-refractivity contribution in [3.8, 4) is 0 Å². The number of allylic oxidation sites excluding steroid dienone is 7. The highest BCUT2D eigenvalue weighted by atomic mass is 32.2. The van der Waals surface area contributed by atoms with Gasteiger partial charge in [0.05, 0.1) is 0 Å². The van der Waals surface area contributed by atoms with Crippen molar-refractivity contribution in [2.24, 2.45) is 5.92 Å². The van der Waals surface area contributed by atoms with E-state index in [0.717, 1.165) is 32.2 Å². The molecule has 1 aromatic carbocycles. The van der Waals surface area contributed by atoms with Gasteiger partial charge in [-0.15, -0.1) is 0 Å². The van der Waals surface area contributed by atoms with Crippen LogP contribution in [0.1, 0.15) is 83.9 Å². The first-order chi connectivity index (χ1) is 15.9. The number of rotatable bonds is 11. The maximum atomic E-state index is 4.41. The summed E-state index contributed by atoms with van der Waals surface area (Å²) in [6, 6.07) is 9.69. The minimum atomic E-state index is 0.420. The monoisotopic (exact) mass is 464 g/mol. The molecule has 0 amide bonds. The van der Waals surface area contributed by atoms with Crippen LogP contribution in [0.2, 0.25) is 0 Å². The Hall–Kier alpha value is -1.55. The van der Waals surface area contributed by atoms with Gasteiger partial charge < -0.3 is 0 Å². The van der Waals surface area contributed by atoms with Crippen LogP contribution in [0.5, 0.6) is 0 Å². The van der Waals surface area contributed by atoms with Gasteiger partial charge in [0.25, 0.3) is 0 Å². The summed E-state index contributed by atoms with van der Waals surface area (Å²) in [6.45, 7) is 19.3. The zero-order chi connectivity index (χ0) is 23.8. The molecule has 3 heteroatoms. The summed E-state index contributed by atoms with van der Waals surface area (Å²) >= 11 is 1.94. The average Bonchev–Trinajstić information content (AvgIpc) is 3.34. The summed E-state index contributed by atoms with van der Waals surface area (Å²) in [5, 5.41) is 0. The molecule has 0 aromatic heterocycles. The van der Waals surface area contributed by atoms with E-state index in [1.165, 1.54) is 59.4 Å². The second-order valence-electron chi connectivity index (χ2n) is 9.92. The van der Waals surface area contributed by atoms with Crippen LogP contribution in [0.15, 0.2) is 71.4 Å². The molecule has 33 heavy (non-hydrogen) atoms. The van der Waals surface area contributed by atoms with Crippen molar-refractivity contribution in [1.82, 2.24) is 8.61 Å². The fraction of sp³-hybridized carbons (Fsp3) is 0.533. The van der Waals surface area contributed by atoms with Crippen LogP contribution < -0.4 is 0 Å². The van der Waals surface area contributed by atoms with Crippen molar-refractivity contribution < 1.29 is 0 Å². The number of hydrogen-bond donors (Lipinski definition) is 0. The average molecular weight is 465 g/mol. The Balaban J connectivity index is 1.55. The summed E-state index contributed by atoms with van der Waals surface area (Å²) in [5.41, 5.74) is 8.60. The minimum Gasteiger partial charge on any atom is -0.237 e. The molecule has 180 valence electrons. The van der Waals surface area contributed by atoms with Crippen molar-refractivity contribution in [3.05, 3.63) is 82.5 Å². The highest BCUT2D eigenvalue weighted by Gasteiger charge is 2.21. The van der Waals surface area contributed by atoms with E-state index in [1.807, 2.05) is 12.1 Å². The molecule has 0 radical (unpaired) electrons. The molecule has 1 saturated heterocycles. The normalized spacial score (nSPS) is 20.7. The molecule has 1 fully saturated rings. The van der Waals surface area contributed by atoms with Crippen LogP contribution in [-0.2, 0) is 6.42 Å². The Labute approximate surface area is 207 Å². The number of benzene rings is 1. The molecule has 0 spiro atoms. The van der Waals surface area contributed by atoms with Crippen molar-refractivity contribution >= 4 is 12.1 Å². The predicted octanol–water partition coefficient (Wildman–Crippen LogP) is 8.47. The first-order valence-electron chi connectivity index (χ1n) is 12.8. The molecule has 0 bridgehead atoms. The number of nitrogens with zero attached hydrogens (tertiary/aromatic N) is 2. The Morgan fingerprint density at radius 1 is 1.21 bits per heavy atom. The van der Waals surface area contributed by atoms with Crippen LogP contribution in [-0.4, -0.2) is 28.2 Å². The van der Waals surface area contributed by atoms with E-state index in [2.05, 4.69) is 92.3 Å². The Bertz CT molecular complexity index is 888. The third-order valence-electron chi connectivity index (χ3n) is 7.28. The largest absolute Gasteiger partial charge is 0.237 e. The molecular formula is C30H44N2S. The Morgan fingerprint density at radius 2 is 1.97 bits per heavy atom. The maximum absolute atomic E-state index is 4.41. The Morgan fingerprint density at radius 3 is 2.64 bits per heavy atom. The zero-order valence-electron chi connectivity index (χ0n) is 21.6. The van der Waals surface area contributed by atoms with Crippen molar-refractivity contribution in [1.29, 1.82) is 0 Å².